The molecular weight excluding hydrogens is 459 g/mol. The monoisotopic (exact) mass is 486 g/mol. The summed E-state index contributed by atoms with van der Waals surface area (Å²) in [6.45, 7) is 2.95. The van der Waals surface area contributed by atoms with Crippen molar-refractivity contribution in [3.63, 3.8) is 0 Å². The van der Waals surface area contributed by atoms with E-state index in [-0.39, 0.29) is 30.4 Å². The Bertz CT molecular complexity index is 1240. The predicted molar refractivity (Wildman–Crippen MR) is 139 cm³/mol. The summed E-state index contributed by atoms with van der Waals surface area (Å²) in [5, 5.41) is 3.16. The van der Waals surface area contributed by atoms with Crippen molar-refractivity contribution in [3.8, 4) is 0 Å². The van der Waals surface area contributed by atoms with Gasteiger partial charge in [0.05, 0.1) is 6.33 Å². The number of aromatic nitrogens is 4. The SMILES string of the molecule is Cl.Cl.O=c1[nH]c(Nc2ccccc2)nc2c1ncn2CCCCN1CCCc2ccccc21. The second-order valence-electron chi connectivity index (χ2n) is 7.94. The van der Waals surface area contributed by atoms with E-state index in [4.69, 9.17) is 0 Å². The zero-order chi connectivity index (χ0) is 21.0. The van der Waals surface area contributed by atoms with Crippen LogP contribution in [0.4, 0.5) is 17.3 Å². The summed E-state index contributed by atoms with van der Waals surface area (Å²) in [7, 11) is 0. The second kappa shape index (κ2) is 11.2. The van der Waals surface area contributed by atoms with Crippen LogP contribution < -0.4 is 15.8 Å². The molecule has 1 aliphatic rings. The standard InChI is InChI=1S/C24H26N6O.2ClH/c31-23-21-22(27-24(28-23)26-19-11-2-1-3-12-19)30(17-25-21)15-7-6-14-29-16-8-10-18-9-4-5-13-20(18)29;;/h1-5,9,11-13,17H,6-8,10,14-16H2,(H2,26,27,28,31);2*1H. The number of nitrogens with one attached hydrogen (secondary N) is 2. The Morgan fingerprint density at radius 1 is 0.970 bits per heavy atom. The number of unbranched alkanes of at least 4 members (excludes halogenated alkanes) is 1. The van der Waals surface area contributed by atoms with Gasteiger partial charge >= 0.3 is 0 Å². The molecule has 0 unspecified atom stereocenters. The number of nitrogens with zero attached hydrogens (tertiary/aromatic N) is 4. The van der Waals surface area contributed by atoms with Crippen LogP contribution >= 0.6 is 24.8 Å². The first-order valence-electron chi connectivity index (χ1n) is 10.9. The van der Waals surface area contributed by atoms with Crippen molar-refractivity contribution in [2.24, 2.45) is 0 Å². The van der Waals surface area contributed by atoms with Crippen molar-refractivity contribution in [3.05, 3.63) is 76.8 Å². The molecule has 0 aliphatic carbocycles. The van der Waals surface area contributed by atoms with Gasteiger partial charge < -0.3 is 14.8 Å². The molecule has 0 bridgehead atoms. The maximum absolute atomic E-state index is 12.4. The first kappa shape index (κ1) is 24.6. The number of imidazole rings is 1. The highest BCUT2D eigenvalue weighted by atomic mass is 35.5. The van der Waals surface area contributed by atoms with Gasteiger partial charge in [0, 0.05) is 31.0 Å². The zero-order valence-electron chi connectivity index (χ0n) is 18.2. The van der Waals surface area contributed by atoms with Crippen LogP contribution in [0.25, 0.3) is 11.2 Å². The Morgan fingerprint density at radius 3 is 2.58 bits per heavy atom. The average Bonchev–Trinajstić information content (AvgIpc) is 3.21. The molecule has 0 radical (unpaired) electrons. The topological polar surface area (TPSA) is 78.8 Å². The molecule has 4 aromatic rings. The molecule has 1 aliphatic heterocycles. The number of para-hydroxylation sites is 2. The van der Waals surface area contributed by atoms with Crippen molar-refractivity contribution in [1.82, 2.24) is 19.5 Å². The number of hydrogen-bond donors (Lipinski definition) is 2. The molecule has 0 spiro atoms. The highest BCUT2D eigenvalue weighted by molar-refractivity contribution is 5.85. The van der Waals surface area contributed by atoms with Gasteiger partial charge in [0.25, 0.3) is 5.56 Å². The summed E-state index contributed by atoms with van der Waals surface area (Å²) in [5.74, 6) is 0.426. The first-order chi connectivity index (χ1) is 15.3. The number of benzene rings is 2. The number of aryl methyl sites for hydroxylation is 2. The summed E-state index contributed by atoms with van der Waals surface area (Å²) in [6, 6.07) is 18.4. The largest absolute Gasteiger partial charge is 0.371 e. The van der Waals surface area contributed by atoms with E-state index in [2.05, 4.69) is 49.4 Å². The molecule has 174 valence electrons. The van der Waals surface area contributed by atoms with Crippen LogP contribution in [0.2, 0.25) is 0 Å². The minimum atomic E-state index is -0.230. The molecule has 2 N–H and O–H groups in total. The summed E-state index contributed by atoms with van der Waals surface area (Å²) < 4.78 is 1.98. The minimum Gasteiger partial charge on any atom is -0.371 e. The Hall–Kier alpha value is -3.03. The van der Waals surface area contributed by atoms with Crippen LogP contribution in [-0.2, 0) is 13.0 Å². The molecule has 0 saturated heterocycles. The lowest BCUT2D eigenvalue weighted by molar-refractivity contribution is 0.591. The highest BCUT2D eigenvalue weighted by Gasteiger charge is 2.16. The fourth-order valence-corrected chi connectivity index (χ4v) is 4.26. The van der Waals surface area contributed by atoms with Gasteiger partial charge in [-0.3, -0.25) is 9.78 Å². The average molecular weight is 487 g/mol. The van der Waals surface area contributed by atoms with E-state index in [0.717, 1.165) is 38.2 Å². The molecule has 3 heterocycles. The lowest BCUT2D eigenvalue weighted by atomic mass is 10.0. The normalized spacial score (nSPS) is 12.5. The van der Waals surface area contributed by atoms with Crippen molar-refractivity contribution in [2.75, 3.05) is 23.3 Å². The van der Waals surface area contributed by atoms with Crippen molar-refractivity contribution < 1.29 is 0 Å². The summed E-state index contributed by atoms with van der Waals surface area (Å²) >= 11 is 0. The third-order valence-electron chi connectivity index (χ3n) is 5.79. The van der Waals surface area contributed by atoms with E-state index in [9.17, 15) is 4.79 Å². The number of fused-ring (bicyclic) bond motifs is 2. The van der Waals surface area contributed by atoms with Gasteiger partial charge in [-0.05, 0) is 49.4 Å². The van der Waals surface area contributed by atoms with Gasteiger partial charge in [-0.2, -0.15) is 4.98 Å². The van der Waals surface area contributed by atoms with E-state index in [0.29, 0.717) is 17.1 Å². The van der Waals surface area contributed by atoms with Gasteiger partial charge in [-0.1, -0.05) is 36.4 Å². The van der Waals surface area contributed by atoms with E-state index in [1.807, 2.05) is 34.9 Å². The van der Waals surface area contributed by atoms with Crippen molar-refractivity contribution in [1.29, 1.82) is 0 Å². The molecule has 0 saturated carbocycles. The quantitative estimate of drug-likeness (QED) is 0.361. The number of halogens is 2. The van der Waals surface area contributed by atoms with E-state index in [1.54, 1.807) is 6.33 Å². The Labute approximate surface area is 205 Å². The molecule has 2 aromatic heterocycles. The van der Waals surface area contributed by atoms with E-state index < -0.39 is 0 Å². The van der Waals surface area contributed by atoms with E-state index >= 15 is 0 Å². The molecule has 7 nitrogen and oxygen atoms in total. The molecule has 0 amide bonds. The van der Waals surface area contributed by atoms with Gasteiger partial charge in [-0.15, -0.1) is 24.8 Å². The second-order valence-corrected chi connectivity index (χ2v) is 7.94. The molecule has 33 heavy (non-hydrogen) atoms. The van der Waals surface area contributed by atoms with Crippen molar-refractivity contribution in [2.45, 2.75) is 32.2 Å². The molecule has 2 aromatic carbocycles. The number of aromatic amines is 1. The lowest BCUT2D eigenvalue weighted by Gasteiger charge is -2.31. The third-order valence-corrected chi connectivity index (χ3v) is 5.79. The molecule has 5 rings (SSSR count). The molecule has 9 heteroatoms. The van der Waals surface area contributed by atoms with E-state index in [1.165, 1.54) is 24.1 Å². The summed E-state index contributed by atoms with van der Waals surface area (Å²) in [6.07, 6.45) is 6.18. The smallest absolute Gasteiger partial charge is 0.280 e. The van der Waals surface area contributed by atoms with Crippen LogP contribution in [-0.4, -0.2) is 32.6 Å². The predicted octanol–water partition coefficient (Wildman–Crippen LogP) is 4.94. The number of rotatable bonds is 7. The van der Waals surface area contributed by atoms with Crippen LogP contribution in [0.1, 0.15) is 24.8 Å². The maximum atomic E-state index is 12.4. The first-order valence-corrected chi connectivity index (χ1v) is 10.9. The number of H-pyrrole nitrogens is 1. The highest BCUT2D eigenvalue weighted by Crippen LogP contribution is 2.26. The Kier molecular flexibility index (Phi) is 8.36. The van der Waals surface area contributed by atoms with Crippen LogP contribution in [0, 0.1) is 0 Å². The van der Waals surface area contributed by atoms with Crippen LogP contribution in [0.5, 0.6) is 0 Å². The molecule has 0 fully saturated rings. The maximum Gasteiger partial charge on any atom is 0.280 e. The Balaban J connectivity index is 0.00000153. The summed E-state index contributed by atoms with van der Waals surface area (Å²) in [5.41, 5.74) is 4.47. The van der Waals surface area contributed by atoms with Crippen LogP contribution in [0.15, 0.2) is 65.7 Å². The van der Waals surface area contributed by atoms with Crippen LogP contribution in [0.3, 0.4) is 0 Å². The third kappa shape index (κ3) is 5.49. The molecule has 0 atom stereocenters. The lowest BCUT2D eigenvalue weighted by Crippen LogP contribution is -2.30. The van der Waals surface area contributed by atoms with Gasteiger partial charge in [0.1, 0.15) is 0 Å². The van der Waals surface area contributed by atoms with Gasteiger partial charge in [-0.25, -0.2) is 4.98 Å². The minimum absolute atomic E-state index is 0. The fourth-order valence-electron chi connectivity index (χ4n) is 4.26. The van der Waals surface area contributed by atoms with Crippen molar-refractivity contribution >= 4 is 53.3 Å². The van der Waals surface area contributed by atoms with Gasteiger partial charge in [0.2, 0.25) is 5.95 Å². The number of anilines is 3. The Morgan fingerprint density at radius 2 is 1.73 bits per heavy atom. The number of hydrogen-bond acceptors (Lipinski definition) is 5. The molecular formula is C24H28Cl2N6O. The zero-order valence-corrected chi connectivity index (χ0v) is 19.9. The summed E-state index contributed by atoms with van der Waals surface area (Å²) in [4.78, 5) is 26.6. The van der Waals surface area contributed by atoms with Gasteiger partial charge in [0.15, 0.2) is 11.2 Å². The fraction of sp³-hybridized carbons (Fsp3) is 0.292.